The summed E-state index contributed by atoms with van der Waals surface area (Å²) in [4.78, 5) is 14.2. The molecular formula is C23H35N5O2. The van der Waals surface area contributed by atoms with Gasteiger partial charge in [0.05, 0.1) is 17.0 Å². The second-order valence-electron chi connectivity index (χ2n) is 8.88. The van der Waals surface area contributed by atoms with Crippen LogP contribution >= 0.6 is 0 Å². The van der Waals surface area contributed by atoms with Crippen molar-refractivity contribution in [3.8, 4) is 5.88 Å². The number of nitrogens with one attached hydrogen (secondary N) is 2. The molecule has 1 unspecified atom stereocenters. The van der Waals surface area contributed by atoms with Crippen LogP contribution in [0.3, 0.4) is 0 Å². The van der Waals surface area contributed by atoms with Crippen LogP contribution in [0.15, 0.2) is 12.4 Å². The van der Waals surface area contributed by atoms with Crippen molar-refractivity contribution in [1.29, 1.82) is 0 Å². The van der Waals surface area contributed by atoms with E-state index in [4.69, 9.17) is 14.7 Å². The monoisotopic (exact) mass is 413 g/mol. The molecule has 1 saturated heterocycles. The lowest BCUT2D eigenvalue weighted by Gasteiger charge is -2.27. The number of piperidine rings is 1. The number of aliphatic hydroxyl groups is 1. The number of hydrogen-bond donors (Lipinski definition) is 3. The fraction of sp³-hybridized carbons (Fsp3) is 0.696. The van der Waals surface area contributed by atoms with E-state index in [0.29, 0.717) is 23.8 Å². The fourth-order valence-corrected chi connectivity index (χ4v) is 4.66. The molecule has 2 aromatic heterocycles. The average molecular weight is 414 g/mol. The van der Waals surface area contributed by atoms with Crippen LogP contribution in [0, 0.1) is 0 Å². The average Bonchev–Trinajstić information content (AvgIpc) is 2.75. The van der Waals surface area contributed by atoms with E-state index in [0.717, 1.165) is 80.9 Å². The summed E-state index contributed by atoms with van der Waals surface area (Å²) in [7, 11) is 0. The van der Waals surface area contributed by atoms with Gasteiger partial charge in [-0.2, -0.15) is 0 Å². The van der Waals surface area contributed by atoms with Gasteiger partial charge in [-0.05, 0) is 70.9 Å². The van der Waals surface area contributed by atoms with Crippen LogP contribution in [-0.2, 0) is 0 Å². The summed E-state index contributed by atoms with van der Waals surface area (Å²) in [5, 5.41) is 17.6. The fourth-order valence-electron chi connectivity index (χ4n) is 4.66. The maximum atomic E-state index is 9.93. The first kappa shape index (κ1) is 21.2. The maximum Gasteiger partial charge on any atom is 0.224 e. The van der Waals surface area contributed by atoms with Crippen LogP contribution in [0.25, 0.3) is 10.9 Å². The molecule has 2 aliphatic rings. The standard InChI is InChI=1S/C23H35N5O2/c1-3-4-15(2)27-23-26-14-20-21(28-23)19(16-5-7-17(29)8-6-16)13-25-22(20)30-18-9-11-24-12-10-18/h13-18,24,29H,3-12H2,1-2H3,(H,26,27,28). The zero-order valence-electron chi connectivity index (χ0n) is 18.2. The van der Waals surface area contributed by atoms with Crippen molar-refractivity contribution in [1.82, 2.24) is 20.3 Å². The summed E-state index contributed by atoms with van der Waals surface area (Å²) >= 11 is 0. The van der Waals surface area contributed by atoms with Crippen molar-refractivity contribution in [2.45, 2.75) is 89.4 Å². The summed E-state index contributed by atoms with van der Waals surface area (Å²) in [6.45, 7) is 6.31. The lowest BCUT2D eigenvalue weighted by atomic mass is 9.83. The molecule has 2 aromatic rings. The van der Waals surface area contributed by atoms with Crippen molar-refractivity contribution in [3.63, 3.8) is 0 Å². The smallest absolute Gasteiger partial charge is 0.224 e. The van der Waals surface area contributed by atoms with E-state index in [1.807, 2.05) is 12.4 Å². The predicted octanol–water partition coefficient (Wildman–Crippen LogP) is 3.77. The SMILES string of the molecule is CCCC(C)Nc1ncc2c(OC3CCNCC3)ncc(C3CCC(O)CC3)c2n1. The number of rotatable bonds is 7. The second-order valence-corrected chi connectivity index (χ2v) is 8.88. The van der Waals surface area contributed by atoms with Gasteiger partial charge >= 0.3 is 0 Å². The molecule has 4 rings (SSSR count). The Balaban J connectivity index is 1.67. The molecule has 1 aliphatic heterocycles. The number of pyridine rings is 1. The van der Waals surface area contributed by atoms with E-state index in [1.165, 1.54) is 0 Å². The molecular weight excluding hydrogens is 378 g/mol. The minimum atomic E-state index is -0.176. The van der Waals surface area contributed by atoms with E-state index in [9.17, 15) is 5.11 Å². The summed E-state index contributed by atoms with van der Waals surface area (Å²) in [5.74, 6) is 1.68. The highest BCUT2D eigenvalue weighted by Crippen LogP contribution is 2.38. The van der Waals surface area contributed by atoms with E-state index < -0.39 is 0 Å². The van der Waals surface area contributed by atoms with Gasteiger partial charge < -0.3 is 20.5 Å². The van der Waals surface area contributed by atoms with Gasteiger partial charge in [0.2, 0.25) is 11.8 Å². The normalized spacial score (nSPS) is 24.0. The minimum absolute atomic E-state index is 0.176. The third-order valence-electron chi connectivity index (χ3n) is 6.41. The van der Waals surface area contributed by atoms with Crippen LogP contribution in [0.5, 0.6) is 5.88 Å². The quantitative estimate of drug-likeness (QED) is 0.636. The second kappa shape index (κ2) is 9.88. The number of nitrogens with zero attached hydrogens (tertiary/aromatic N) is 3. The highest BCUT2D eigenvalue weighted by Gasteiger charge is 2.25. The van der Waals surface area contributed by atoms with Gasteiger partial charge in [-0.3, -0.25) is 0 Å². The van der Waals surface area contributed by atoms with Crippen molar-refractivity contribution < 1.29 is 9.84 Å². The Hall–Kier alpha value is -1.99. The van der Waals surface area contributed by atoms with Crippen molar-refractivity contribution in [2.75, 3.05) is 18.4 Å². The lowest BCUT2D eigenvalue weighted by molar-refractivity contribution is 0.122. The number of aliphatic hydroxyl groups excluding tert-OH is 1. The third-order valence-corrected chi connectivity index (χ3v) is 6.41. The molecule has 7 heteroatoms. The zero-order chi connectivity index (χ0) is 20.9. The Kier molecular flexibility index (Phi) is 7.00. The first-order valence-corrected chi connectivity index (χ1v) is 11.6. The summed E-state index contributed by atoms with van der Waals surface area (Å²) in [5.41, 5.74) is 2.10. The van der Waals surface area contributed by atoms with Gasteiger partial charge in [0.1, 0.15) is 6.10 Å². The van der Waals surface area contributed by atoms with Crippen LogP contribution in [0.1, 0.15) is 76.7 Å². The number of ether oxygens (including phenoxy) is 1. The summed E-state index contributed by atoms with van der Waals surface area (Å²) in [6.07, 6.45) is 11.6. The summed E-state index contributed by atoms with van der Waals surface area (Å²) in [6, 6.07) is 0.327. The molecule has 1 saturated carbocycles. The van der Waals surface area contributed by atoms with Gasteiger partial charge in [-0.15, -0.1) is 0 Å². The predicted molar refractivity (Wildman–Crippen MR) is 119 cm³/mol. The maximum absolute atomic E-state index is 9.93. The Labute approximate surface area is 179 Å². The van der Waals surface area contributed by atoms with Gasteiger partial charge in [-0.25, -0.2) is 15.0 Å². The Morgan fingerprint density at radius 1 is 1.13 bits per heavy atom. The molecule has 0 amide bonds. The molecule has 1 aliphatic carbocycles. The van der Waals surface area contributed by atoms with E-state index in [1.54, 1.807) is 0 Å². The highest BCUT2D eigenvalue weighted by atomic mass is 16.5. The topological polar surface area (TPSA) is 92.2 Å². The highest BCUT2D eigenvalue weighted by molar-refractivity contribution is 5.86. The minimum Gasteiger partial charge on any atom is -0.474 e. The summed E-state index contributed by atoms with van der Waals surface area (Å²) < 4.78 is 6.30. The van der Waals surface area contributed by atoms with E-state index >= 15 is 0 Å². The molecule has 1 atom stereocenters. The molecule has 7 nitrogen and oxygen atoms in total. The van der Waals surface area contributed by atoms with Crippen molar-refractivity contribution in [2.24, 2.45) is 0 Å². The molecule has 0 radical (unpaired) electrons. The largest absolute Gasteiger partial charge is 0.474 e. The van der Waals surface area contributed by atoms with Crippen LogP contribution in [0.2, 0.25) is 0 Å². The number of hydrogen-bond acceptors (Lipinski definition) is 7. The molecule has 0 spiro atoms. The Bertz CT molecular complexity index is 832. The molecule has 3 heterocycles. The molecule has 0 bridgehead atoms. The molecule has 30 heavy (non-hydrogen) atoms. The zero-order valence-corrected chi connectivity index (χ0v) is 18.2. The van der Waals surface area contributed by atoms with E-state index in [-0.39, 0.29) is 12.2 Å². The van der Waals surface area contributed by atoms with Gasteiger partial charge in [0, 0.05) is 24.0 Å². The van der Waals surface area contributed by atoms with Gasteiger partial charge in [0.25, 0.3) is 0 Å². The Morgan fingerprint density at radius 3 is 2.63 bits per heavy atom. The van der Waals surface area contributed by atoms with Crippen LogP contribution < -0.4 is 15.4 Å². The molecule has 3 N–H and O–H groups in total. The van der Waals surface area contributed by atoms with Crippen LogP contribution in [0.4, 0.5) is 5.95 Å². The number of aromatic nitrogens is 3. The molecule has 2 fully saturated rings. The number of fused-ring (bicyclic) bond motifs is 1. The first-order valence-electron chi connectivity index (χ1n) is 11.6. The van der Waals surface area contributed by atoms with Gasteiger partial charge in [0.15, 0.2) is 0 Å². The van der Waals surface area contributed by atoms with Crippen molar-refractivity contribution >= 4 is 16.9 Å². The molecule has 164 valence electrons. The van der Waals surface area contributed by atoms with Crippen molar-refractivity contribution in [3.05, 3.63) is 18.0 Å². The lowest BCUT2D eigenvalue weighted by Crippen LogP contribution is -2.34. The van der Waals surface area contributed by atoms with Crippen LogP contribution in [-0.4, -0.2) is 51.4 Å². The first-order chi connectivity index (χ1) is 14.6. The number of anilines is 1. The molecule has 0 aromatic carbocycles. The Morgan fingerprint density at radius 2 is 1.90 bits per heavy atom. The third kappa shape index (κ3) is 5.01. The van der Waals surface area contributed by atoms with E-state index in [2.05, 4.69) is 29.5 Å². The van der Waals surface area contributed by atoms with Gasteiger partial charge in [-0.1, -0.05) is 13.3 Å².